The van der Waals surface area contributed by atoms with E-state index in [4.69, 9.17) is 5.14 Å². The summed E-state index contributed by atoms with van der Waals surface area (Å²) in [6, 6.07) is 3.86. The van der Waals surface area contributed by atoms with Gasteiger partial charge in [-0.2, -0.15) is 0 Å². The monoisotopic (exact) mass is 315 g/mol. The van der Waals surface area contributed by atoms with E-state index in [-0.39, 0.29) is 4.90 Å². The Balaban J connectivity index is 2.17. The number of nitrogens with two attached hydrogens (primary N) is 1. The van der Waals surface area contributed by atoms with Crippen LogP contribution < -0.4 is 15.4 Å². The van der Waals surface area contributed by atoms with Gasteiger partial charge in [0.05, 0.1) is 10.6 Å². The van der Waals surface area contributed by atoms with Crippen LogP contribution in [0, 0.1) is 11.7 Å². The van der Waals surface area contributed by atoms with E-state index in [1.807, 2.05) is 11.8 Å². The number of benzene rings is 1. The number of piperidine rings is 1. The Hall–Kier alpha value is -1.18. The first-order valence-electron chi connectivity index (χ1n) is 7.20. The quantitative estimate of drug-likeness (QED) is 0.859. The van der Waals surface area contributed by atoms with E-state index in [1.165, 1.54) is 12.1 Å². The molecule has 118 valence electrons. The van der Waals surface area contributed by atoms with E-state index in [0.29, 0.717) is 18.2 Å². The summed E-state index contributed by atoms with van der Waals surface area (Å²) in [4.78, 5) is 1.76. The molecule has 1 aliphatic heterocycles. The molecule has 1 aromatic carbocycles. The van der Waals surface area contributed by atoms with Crippen molar-refractivity contribution in [2.75, 3.05) is 31.1 Å². The van der Waals surface area contributed by atoms with Crippen LogP contribution in [-0.2, 0) is 10.0 Å². The van der Waals surface area contributed by atoms with Crippen LogP contribution in [0.3, 0.4) is 0 Å². The predicted molar refractivity (Wildman–Crippen MR) is 81.3 cm³/mol. The highest BCUT2D eigenvalue weighted by Gasteiger charge is 2.19. The van der Waals surface area contributed by atoms with Crippen molar-refractivity contribution < 1.29 is 12.8 Å². The fraction of sp³-hybridized carbons (Fsp3) is 0.571. The first-order valence-corrected chi connectivity index (χ1v) is 8.74. The number of rotatable bonds is 5. The molecule has 0 spiro atoms. The molecule has 1 aromatic rings. The largest absolute Gasteiger partial charge is 0.369 e. The van der Waals surface area contributed by atoms with E-state index in [2.05, 4.69) is 5.32 Å². The molecule has 7 heteroatoms. The lowest BCUT2D eigenvalue weighted by molar-refractivity contribution is 0.373. The predicted octanol–water partition coefficient (Wildman–Crippen LogP) is 1.30. The lowest BCUT2D eigenvalue weighted by Gasteiger charge is -2.31. The molecule has 0 bridgehead atoms. The highest BCUT2D eigenvalue weighted by Crippen LogP contribution is 2.24. The van der Waals surface area contributed by atoms with Crippen LogP contribution in [0.25, 0.3) is 0 Å². The minimum Gasteiger partial charge on any atom is -0.369 e. The fourth-order valence-electron chi connectivity index (χ4n) is 2.69. The number of anilines is 1. The first kappa shape index (κ1) is 16.2. The second-order valence-corrected chi connectivity index (χ2v) is 6.95. The van der Waals surface area contributed by atoms with Crippen LogP contribution in [-0.4, -0.2) is 34.6 Å². The normalized spacial score (nSPS) is 16.9. The van der Waals surface area contributed by atoms with Gasteiger partial charge in [0.1, 0.15) is 5.82 Å². The molecule has 0 atom stereocenters. The number of hydrogen-bond donors (Lipinski definition) is 2. The molecule has 0 aliphatic carbocycles. The number of hydrogen-bond acceptors (Lipinski definition) is 4. The maximum atomic E-state index is 14.2. The Morgan fingerprint density at radius 3 is 2.57 bits per heavy atom. The van der Waals surface area contributed by atoms with Crippen LogP contribution in [0.4, 0.5) is 10.1 Å². The molecule has 1 heterocycles. The van der Waals surface area contributed by atoms with Gasteiger partial charge in [0.25, 0.3) is 0 Å². The van der Waals surface area contributed by atoms with Gasteiger partial charge in [-0.05, 0) is 57.0 Å². The van der Waals surface area contributed by atoms with Crippen molar-refractivity contribution >= 4 is 15.7 Å². The summed E-state index contributed by atoms with van der Waals surface area (Å²) in [5, 5.41) is 8.33. The highest BCUT2D eigenvalue weighted by atomic mass is 32.2. The number of nitrogens with one attached hydrogen (secondary N) is 1. The van der Waals surface area contributed by atoms with Gasteiger partial charge in [-0.1, -0.05) is 0 Å². The smallest absolute Gasteiger partial charge is 0.238 e. The minimum absolute atomic E-state index is 0.193. The first-order chi connectivity index (χ1) is 9.91. The summed E-state index contributed by atoms with van der Waals surface area (Å²) < 4.78 is 36.7. The van der Waals surface area contributed by atoms with E-state index < -0.39 is 15.8 Å². The maximum Gasteiger partial charge on any atom is 0.238 e. The summed E-state index contributed by atoms with van der Waals surface area (Å²) in [6.07, 6.45) is 2.15. The van der Waals surface area contributed by atoms with Crippen molar-refractivity contribution in [1.29, 1.82) is 0 Å². The molecule has 1 saturated heterocycles. The van der Waals surface area contributed by atoms with E-state index >= 15 is 0 Å². The van der Waals surface area contributed by atoms with Gasteiger partial charge in [0, 0.05) is 13.1 Å². The van der Waals surface area contributed by atoms with Crippen molar-refractivity contribution in [3.63, 3.8) is 0 Å². The molecule has 0 amide bonds. The highest BCUT2D eigenvalue weighted by molar-refractivity contribution is 7.89. The third-order valence-corrected chi connectivity index (χ3v) is 4.82. The summed E-state index contributed by atoms with van der Waals surface area (Å²) >= 11 is 0. The SMILES string of the molecule is CCN(CC1CCNCC1)c1ccc(S(N)(=O)=O)cc1F. The molecule has 21 heavy (non-hydrogen) atoms. The lowest BCUT2D eigenvalue weighted by atomic mass is 9.97. The molecule has 0 radical (unpaired) electrons. The summed E-state index contributed by atoms with van der Waals surface area (Å²) in [6.45, 7) is 5.41. The molecular weight excluding hydrogens is 293 g/mol. The Bertz CT molecular complexity index is 586. The van der Waals surface area contributed by atoms with Crippen molar-refractivity contribution in [3.05, 3.63) is 24.0 Å². The van der Waals surface area contributed by atoms with Crippen LogP contribution in [0.15, 0.2) is 23.1 Å². The average molecular weight is 315 g/mol. The van der Waals surface area contributed by atoms with Gasteiger partial charge < -0.3 is 10.2 Å². The van der Waals surface area contributed by atoms with Crippen molar-refractivity contribution in [2.45, 2.75) is 24.7 Å². The number of halogens is 1. The van der Waals surface area contributed by atoms with Crippen LogP contribution in [0.2, 0.25) is 0 Å². The maximum absolute atomic E-state index is 14.2. The average Bonchev–Trinajstić information content (AvgIpc) is 2.45. The Morgan fingerprint density at radius 2 is 2.05 bits per heavy atom. The molecular formula is C14H22FN3O2S. The summed E-state index contributed by atoms with van der Waals surface area (Å²) in [7, 11) is -3.87. The second-order valence-electron chi connectivity index (χ2n) is 5.39. The summed E-state index contributed by atoms with van der Waals surface area (Å²) in [5.74, 6) is -0.0131. The third-order valence-electron chi connectivity index (χ3n) is 3.91. The van der Waals surface area contributed by atoms with Gasteiger partial charge in [0.2, 0.25) is 10.0 Å². The van der Waals surface area contributed by atoms with E-state index in [0.717, 1.165) is 38.5 Å². The van der Waals surface area contributed by atoms with E-state index in [9.17, 15) is 12.8 Å². The van der Waals surface area contributed by atoms with Crippen LogP contribution in [0.5, 0.6) is 0 Å². The second kappa shape index (κ2) is 6.72. The third kappa shape index (κ3) is 4.15. The van der Waals surface area contributed by atoms with Crippen LogP contribution in [0.1, 0.15) is 19.8 Å². The number of sulfonamides is 1. The zero-order valence-electron chi connectivity index (χ0n) is 12.2. The van der Waals surface area contributed by atoms with Gasteiger partial charge in [0.15, 0.2) is 0 Å². The molecule has 2 rings (SSSR count). The van der Waals surface area contributed by atoms with Crippen molar-refractivity contribution in [2.24, 2.45) is 11.1 Å². The van der Waals surface area contributed by atoms with Gasteiger partial charge >= 0.3 is 0 Å². The molecule has 1 aliphatic rings. The summed E-state index contributed by atoms with van der Waals surface area (Å²) in [5.41, 5.74) is 0.434. The Morgan fingerprint density at radius 1 is 1.38 bits per heavy atom. The Labute approximate surface area is 125 Å². The number of primary sulfonamides is 1. The fourth-order valence-corrected chi connectivity index (χ4v) is 3.22. The molecule has 5 nitrogen and oxygen atoms in total. The molecule has 0 saturated carbocycles. The molecule has 0 unspecified atom stereocenters. The molecule has 3 N–H and O–H groups in total. The van der Waals surface area contributed by atoms with E-state index in [1.54, 1.807) is 0 Å². The molecule has 0 aromatic heterocycles. The zero-order chi connectivity index (χ0) is 15.5. The van der Waals surface area contributed by atoms with Crippen molar-refractivity contribution in [3.8, 4) is 0 Å². The van der Waals surface area contributed by atoms with Crippen LogP contribution >= 0.6 is 0 Å². The molecule has 1 fully saturated rings. The standard InChI is InChI=1S/C14H22FN3O2S/c1-2-18(10-11-5-7-17-8-6-11)14-4-3-12(9-13(14)15)21(16,19)20/h3-4,9,11,17H,2,5-8,10H2,1H3,(H2,16,19,20). The Kier molecular flexibility index (Phi) is 5.18. The van der Waals surface area contributed by atoms with Gasteiger partial charge in [-0.25, -0.2) is 17.9 Å². The topological polar surface area (TPSA) is 75.4 Å². The minimum atomic E-state index is -3.87. The number of nitrogens with zero attached hydrogens (tertiary/aromatic N) is 1. The van der Waals surface area contributed by atoms with Gasteiger partial charge in [-0.15, -0.1) is 0 Å². The van der Waals surface area contributed by atoms with Crippen molar-refractivity contribution in [1.82, 2.24) is 5.32 Å². The lowest BCUT2D eigenvalue weighted by Crippen LogP contribution is -2.36. The zero-order valence-corrected chi connectivity index (χ0v) is 13.0. The van der Waals surface area contributed by atoms with Gasteiger partial charge in [-0.3, -0.25) is 0 Å².